The maximum Gasteiger partial charge on any atom is 0.119 e. The van der Waals surface area contributed by atoms with Crippen LogP contribution in [0.4, 0.5) is 0 Å². The van der Waals surface area contributed by atoms with Crippen LogP contribution in [-0.2, 0) is 0 Å². The molecule has 0 heterocycles. The van der Waals surface area contributed by atoms with Gasteiger partial charge in [-0.1, -0.05) is 30.4 Å². The standard InChI is InChI=1S/C14H14OS/c1-15-14-7-6-12-9-11(3-2-8-16)4-5-13(12)10-14/h2-7,9-10,16H,8H2,1H3. The van der Waals surface area contributed by atoms with Crippen LogP contribution in [0.3, 0.4) is 0 Å². The lowest BCUT2D eigenvalue weighted by Crippen LogP contribution is -1.82. The molecule has 0 saturated carbocycles. The Labute approximate surface area is 101 Å². The minimum atomic E-state index is 0.765. The Morgan fingerprint density at radius 3 is 2.62 bits per heavy atom. The fourth-order valence-electron chi connectivity index (χ4n) is 1.66. The van der Waals surface area contributed by atoms with Crippen LogP contribution in [0, 0.1) is 0 Å². The molecule has 2 rings (SSSR count). The highest BCUT2D eigenvalue weighted by molar-refractivity contribution is 7.80. The molecular weight excluding hydrogens is 216 g/mol. The van der Waals surface area contributed by atoms with E-state index < -0.39 is 0 Å². The topological polar surface area (TPSA) is 9.23 Å². The first kappa shape index (κ1) is 11.1. The Balaban J connectivity index is 2.43. The fourth-order valence-corrected chi connectivity index (χ4v) is 1.77. The van der Waals surface area contributed by atoms with E-state index in [-0.39, 0.29) is 0 Å². The number of rotatable bonds is 3. The van der Waals surface area contributed by atoms with Crippen LogP contribution in [0.2, 0.25) is 0 Å². The van der Waals surface area contributed by atoms with E-state index in [1.54, 1.807) is 7.11 Å². The molecule has 2 aromatic carbocycles. The van der Waals surface area contributed by atoms with Gasteiger partial charge in [0.15, 0.2) is 0 Å². The molecule has 0 radical (unpaired) electrons. The third-order valence-electron chi connectivity index (χ3n) is 2.49. The summed E-state index contributed by atoms with van der Waals surface area (Å²) < 4.78 is 5.19. The number of fused-ring (bicyclic) bond motifs is 1. The van der Waals surface area contributed by atoms with Crippen molar-refractivity contribution >= 4 is 29.5 Å². The fraction of sp³-hybridized carbons (Fsp3) is 0.143. The maximum atomic E-state index is 5.19. The lowest BCUT2D eigenvalue weighted by atomic mass is 10.1. The summed E-state index contributed by atoms with van der Waals surface area (Å²) >= 11 is 4.15. The lowest BCUT2D eigenvalue weighted by Gasteiger charge is -2.03. The van der Waals surface area contributed by atoms with Crippen LogP contribution in [0.5, 0.6) is 5.75 Å². The van der Waals surface area contributed by atoms with Gasteiger partial charge in [0.25, 0.3) is 0 Å². The second-order valence-electron chi connectivity index (χ2n) is 3.56. The van der Waals surface area contributed by atoms with Crippen molar-refractivity contribution < 1.29 is 4.74 Å². The molecule has 16 heavy (non-hydrogen) atoms. The first-order chi connectivity index (χ1) is 7.83. The van der Waals surface area contributed by atoms with Gasteiger partial charge in [-0.3, -0.25) is 0 Å². The predicted octanol–water partition coefficient (Wildman–Crippen LogP) is 3.79. The average Bonchev–Trinajstić information content (AvgIpc) is 2.35. The summed E-state index contributed by atoms with van der Waals surface area (Å²) in [6, 6.07) is 12.5. The van der Waals surface area contributed by atoms with E-state index in [0.29, 0.717) is 0 Å². The van der Waals surface area contributed by atoms with Gasteiger partial charge in [-0.25, -0.2) is 0 Å². The second kappa shape index (κ2) is 5.08. The molecule has 0 amide bonds. The van der Waals surface area contributed by atoms with Crippen molar-refractivity contribution in [1.82, 2.24) is 0 Å². The van der Waals surface area contributed by atoms with E-state index in [1.165, 1.54) is 16.3 Å². The number of thiol groups is 1. The highest BCUT2D eigenvalue weighted by Crippen LogP contribution is 2.22. The van der Waals surface area contributed by atoms with Gasteiger partial charge in [-0.05, 0) is 34.5 Å². The SMILES string of the molecule is COc1ccc2cc(C=CCS)ccc2c1. The van der Waals surface area contributed by atoms with Gasteiger partial charge in [0.1, 0.15) is 5.75 Å². The first-order valence-corrected chi connectivity index (χ1v) is 5.82. The van der Waals surface area contributed by atoms with Crippen molar-refractivity contribution in [3.05, 3.63) is 48.0 Å². The Kier molecular flexibility index (Phi) is 3.52. The molecule has 0 bridgehead atoms. The second-order valence-corrected chi connectivity index (χ2v) is 3.92. The Bertz CT molecular complexity index is 517. The molecular formula is C14H14OS. The largest absolute Gasteiger partial charge is 0.497 e. The minimum Gasteiger partial charge on any atom is -0.497 e. The summed E-state index contributed by atoms with van der Waals surface area (Å²) in [7, 11) is 1.69. The van der Waals surface area contributed by atoms with Crippen molar-refractivity contribution in [1.29, 1.82) is 0 Å². The average molecular weight is 230 g/mol. The third-order valence-corrected chi connectivity index (χ3v) is 2.70. The first-order valence-electron chi connectivity index (χ1n) is 5.18. The number of methoxy groups -OCH3 is 1. The zero-order chi connectivity index (χ0) is 11.4. The van der Waals surface area contributed by atoms with Crippen molar-refractivity contribution in [2.45, 2.75) is 0 Å². The van der Waals surface area contributed by atoms with Crippen molar-refractivity contribution in [2.24, 2.45) is 0 Å². The molecule has 0 aliphatic heterocycles. The third kappa shape index (κ3) is 2.39. The zero-order valence-corrected chi connectivity index (χ0v) is 10.1. The lowest BCUT2D eigenvalue weighted by molar-refractivity contribution is 0.415. The van der Waals surface area contributed by atoms with Crippen molar-refractivity contribution in [3.63, 3.8) is 0 Å². The number of benzene rings is 2. The Morgan fingerprint density at radius 2 is 1.88 bits per heavy atom. The van der Waals surface area contributed by atoms with E-state index in [9.17, 15) is 0 Å². The molecule has 0 aliphatic carbocycles. The molecule has 1 nitrogen and oxygen atoms in total. The van der Waals surface area contributed by atoms with Gasteiger partial charge >= 0.3 is 0 Å². The molecule has 0 N–H and O–H groups in total. The molecule has 0 spiro atoms. The number of hydrogen-bond acceptors (Lipinski definition) is 2. The Morgan fingerprint density at radius 1 is 1.12 bits per heavy atom. The van der Waals surface area contributed by atoms with E-state index in [0.717, 1.165) is 11.5 Å². The predicted molar refractivity (Wildman–Crippen MR) is 73.4 cm³/mol. The molecule has 2 heteroatoms. The number of ether oxygens (including phenoxy) is 1. The summed E-state index contributed by atoms with van der Waals surface area (Å²) in [5.41, 5.74) is 1.20. The summed E-state index contributed by atoms with van der Waals surface area (Å²) in [6.45, 7) is 0. The van der Waals surface area contributed by atoms with Crippen LogP contribution < -0.4 is 4.74 Å². The molecule has 2 aromatic rings. The van der Waals surface area contributed by atoms with E-state index in [1.807, 2.05) is 18.2 Å². The maximum absolute atomic E-state index is 5.19. The number of hydrogen-bond donors (Lipinski definition) is 1. The van der Waals surface area contributed by atoms with Gasteiger partial charge in [0.2, 0.25) is 0 Å². The van der Waals surface area contributed by atoms with Crippen LogP contribution in [-0.4, -0.2) is 12.9 Å². The van der Waals surface area contributed by atoms with Gasteiger partial charge in [0.05, 0.1) is 7.11 Å². The summed E-state index contributed by atoms with van der Waals surface area (Å²) in [5, 5.41) is 2.42. The highest BCUT2D eigenvalue weighted by atomic mass is 32.1. The molecule has 0 saturated heterocycles. The van der Waals surface area contributed by atoms with E-state index >= 15 is 0 Å². The molecule has 82 valence electrons. The zero-order valence-electron chi connectivity index (χ0n) is 9.18. The van der Waals surface area contributed by atoms with Gasteiger partial charge < -0.3 is 4.74 Å². The van der Waals surface area contributed by atoms with E-state index in [4.69, 9.17) is 4.74 Å². The smallest absolute Gasteiger partial charge is 0.119 e. The molecule has 0 aromatic heterocycles. The van der Waals surface area contributed by atoms with E-state index in [2.05, 4.69) is 43.0 Å². The van der Waals surface area contributed by atoms with Crippen LogP contribution in [0.1, 0.15) is 5.56 Å². The quantitative estimate of drug-likeness (QED) is 0.789. The molecule has 0 fully saturated rings. The normalized spacial score (nSPS) is 11.1. The Hall–Kier alpha value is -1.41. The summed E-state index contributed by atoms with van der Waals surface area (Å²) in [5.74, 6) is 1.66. The van der Waals surface area contributed by atoms with Crippen LogP contribution in [0.25, 0.3) is 16.8 Å². The summed E-state index contributed by atoms with van der Waals surface area (Å²) in [6.07, 6.45) is 4.12. The van der Waals surface area contributed by atoms with Crippen molar-refractivity contribution in [3.8, 4) is 5.75 Å². The minimum absolute atomic E-state index is 0.765. The van der Waals surface area contributed by atoms with Crippen LogP contribution in [0.15, 0.2) is 42.5 Å². The molecule has 0 atom stereocenters. The highest BCUT2D eigenvalue weighted by Gasteiger charge is 1.96. The van der Waals surface area contributed by atoms with Gasteiger partial charge in [0, 0.05) is 5.75 Å². The van der Waals surface area contributed by atoms with Crippen molar-refractivity contribution in [2.75, 3.05) is 12.9 Å². The summed E-state index contributed by atoms with van der Waals surface area (Å²) in [4.78, 5) is 0. The van der Waals surface area contributed by atoms with Gasteiger partial charge in [-0.2, -0.15) is 12.6 Å². The van der Waals surface area contributed by atoms with Gasteiger partial charge in [-0.15, -0.1) is 0 Å². The monoisotopic (exact) mass is 230 g/mol. The molecule has 0 unspecified atom stereocenters. The molecule has 0 aliphatic rings. The van der Waals surface area contributed by atoms with Crippen LogP contribution >= 0.6 is 12.6 Å².